The monoisotopic (exact) mass is 335 g/mol. The van der Waals surface area contributed by atoms with Gasteiger partial charge in [0.2, 0.25) is 0 Å². The van der Waals surface area contributed by atoms with E-state index in [4.69, 9.17) is 4.74 Å². The number of aromatic nitrogens is 3. The van der Waals surface area contributed by atoms with Crippen LogP contribution in [-0.4, -0.2) is 44.1 Å². The number of ketones is 1. The van der Waals surface area contributed by atoms with Crippen molar-refractivity contribution < 1.29 is 14.6 Å². The molecule has 0 bridgehead atoms. The van der Waals surface area contributed by atoms with Crippen LogP contribution >= 0.6 is 11.8 Å². The lowest BCUT2D eigenvalue weighted by Crippen LogP contribution is -2.20. The van der Waals surface area contributed by atoms with Crippen molar-refractivity contribution in [3.8, 4) is 5.75 Å². The molecule has 1 aromatic heterocycles. The lowest BCUT2D eigenvalue weighted by Gasteiger charge is -2.13. The van der Waals surface area contributed by atoms with E-state index in [-0.39, 0.29) is 18.4 Å². The van der Waals surface area contributed by atoms with Gasteiger partial charge in [0.05, 0.1) is 6.10 Å². The number of Topliss-reactive ketones (excluding diaryl/α,β-unsaturated/α-hetero) is 1. The predicted molar refractivity (Wildman–Crippen MR) is 89.1 cm³/mol. The molecule has 2 aromatic rings. The highest BCUT2D eigenvalue weighted by Crippen LogP contribution is 2.20. The third-order valence-corrected chi connectivity index (χ3v) is 4.29. The van der Waals surface area contributed by atoms with Crippen LogP contribution in [0.1, 0.15) is 37.2 Å². The second-order valence-electron chi connectivity index (χ2n) is 5.47. The fourth-order valence-electron chi connectivity index (χ4n) is 1.91. The highest BCUT2D eigenvalue weighted by atomic mass is 32.2. The number of benzene rings is 1. The first kappa shape index (κ1) is 17.5. The molecule has 2 rings (SSSR count). The molecule has 0 saturated heterocycles. The lowest BCUT2D eigenvalue weighted by molar-refractivity contribution is 0.101. The van der Waals surface area contributed by atoms with E-state index < -0.39 is 6.10 Å². The van der Waals surface area contributed by atoms with Crippen LogP contribution in [0, 0.1) is 0 Å². The van der Waals surface area contributed by atoms with E-state index in [0.717, 1.165) is 5.16 Å². The number of aliphatic hydroxyl groups excluding tert-OH is 1. The lowest BCUT2D eigenvalue weighted by atomic mass is 10.1. The average molecular weight is 335 g/mol. The largest absolute Gasteiger partial charge is 0.491 e. The van der Waals surface area contributed by atoms with Crippen LogP contribution in [0.4, 0.5) is 0 Å². The quantitative estimate of drug-likeness (QED) is 0.590. The smallest absolute Gasteiger partial charge is 0.191 e. The van der Waals surface area contributed by atoms with Crippen molar-refractivity contribution in [2.45, 2.75) is 38.1 Å². The maximum atomic E-state index is 11.3. The third-order valence-electron chi connectivity index (χ3n) is 3.18. The van der Waals surface area contributed by atoms with Gasteiger partial charge in [-0.25, -0.2) is 0 Å². The Labute approximate surface area is 139 Å². The number of nitrogens with zero attached hydrogens (tertiary/aromatic N) is 3. The van der Waals surface area contributed by atoms with E-state index in [9.17, 15) is 9.90 Å². The molecular weight excluding hydrogens is 314 g/mol. The first-order valence-electron chi connectivity index (χ1n) is 7.41. The number of rotatable bonds is 8. The van der Waals surface area contributed by atoms with Crippen molar-refractivity contribution in [1.29, 1.82) is 0 Å². The second-order valence-corrected chi connectivity index (χ2v) is 6.46. The molecule has 0 fully saturated rings. The first-order chi connectivity index (χ1) is 11.0. The summed E-state index contributed by atoms with van der Waals surface area (Å²) in [5.74, 6) is 1.02. The highest BCUT2D eigenvalue weighted by molar-refractivity contribution is 7.99. The van der Waals surface area contributed by atoms with Crippen molar-refractivity contribution in [2.24, 2.45) is 0 Å². The fraction of sp³-hybridized carbons (Fsp3) is 0.438. The van der Waals surface area contributed by atoms with Crippen LogP contribution in [0.5, 0.6) is 5.75 Å². The number of ether oxygens (including phenoxy) is 1. The van der Waals surface area contributed by atoms with Gasteiger partial charge in [-0.3, -0.25) is 4.79 Å². The van der Waals surface area contributed by atoms with Gasteiger partial charge in [0, 0.05) is 17.4 Å². The Morgan fingerprint density at radius 2 is 2.22 bits per heavy atom. The van der Waals surface area contributed by atoms with Gasteiger partial charge < -0.3 is 14.4 Å². The number of aliphatic hydroxyl groups is 1. The van der Waals surface area contributed by atoms with E-state index in [2.05, 4.69) is 24.0 Å². The first-order valence-corrected chi connectivity index (χ1v) is 8.40. The Bertz CT molecular complexity index is 658. The zero-order valence-corrected chi connectivity index (χ0v) is 14.3. The summed E-state index contributed by atoms with van der Waals surface area (Å²) in [7, 11) is 0. The molecule has 1 aromatic carbocycles. The van der Waals surface area contributed by atoms with E-state index in [1.54, 1.807) is 30.6 Å². The van der Waals surface area contributed by atoms with Gasteiger partial charge in [0.25, 0.3) is 0 Å². The van der Waals surface area contributed by atoms with E-state index >= 15 is 0 Å². The molecule has 124 valence electrons. The molecule has 0 spiro atoms. The summed E-state index contributed by atoms with van der Waals surface area (Å²) >= 11 is 1.44. The van der Waals surface area contributed by atoms with Crippen molar-refractivity contribution in [2.75, 3.05) is 12.4 Å². The van der Waals surface area contributed by atoms with Gasteiger partial charge in [0.1, 0.15) is 18.7 Å². The predicted octanol–water partition coefficient (Wildman–Crippen LogP) is 2.59. The Morgan fingerprint density at radius 1 is 1.43 bits per heavy atom. The fourth-order valence-corrected chi connectivity index (χ4v) is 2.86. The Balaban J connectivity index is 1.83. The molecule has 6 nitrogen and oxygen atoms in total. The SMILES string of the molecule is CC(=O)c1cccc(OCC(O)CSc2nncn2C(C)C)c1. The summed E-state index contributed by atoms with van der Waals surface area (Å²) in [5, 5.41) is 18.8. The Morgan fingerprint density at radius 3 is 2.91 bits per heavy atom. The summed E-state index contributed by atoms with van der Waals surface area (Å²) < 4.78 is 7.50. The van der Waals surface area contributed by atoms with Crippen molar-refractivity contribution in [3.05, 3.63) is 36.2 Å². The van der Waals surface area contributed by atoms with Gasteiger partial charge in [-0.1, -0.05) is 23.9 Å². The summed E-state index contributed by atoms with van der Waals surface area (Å²) in [6.07, 6.45) is 1.04. The summed E-state index contributed by atoms with van der Waals surface area (Å²) in [6, 6.07) is 7.22. The minimum Gasteiger partial charge on any atom is -0.491 e. The summed E-state index contributed by atoms with van der Waals surface area (Å²) in [6.45, 7) is 5.77. The van der Waals surface area contributed by atoms with Gasteiger partial charge in [-0.2, -0.15) is 0 Å². The maximum Gasteiger partial charge on any atom is 0.191 e. The number of carbonyl (C=O) groups is 1. The highest BCUT2D eigenvalue weighted by Gasteiger charge is 2.12. The van der Waals surface area contributed by atoms with Crippen LogP contribution in [0.2, 0.25) is 0 Å². The minimum absolute atomic E-state index is 0.0143. The number of carbonyl (C=O) groups excluding carboxylic acids is 1. The minimum atomic E-state index is -0.640. The molecule has 0 aliphatic heterocycles. The maximum absolute atomic E-state index is 11.3. The van der Waals surface area contributed by atoms with E-state index in [0.29, 0.717) is 17.1 Å². The molecule has 23 heavy (non-hydrogen) atoms. The van der Waals surface area contributed by atoms with Crippen LogP contribution in [0.3, 0.4) is 0 Å². The van der Waals surface area contributed by atoms with Gasteiger partial charge in [0.15, 0.2) is 10.9 Å². The Hall–Kier alpha value is -1.86. The van der Waals surface area contributed by atoms with Gasteiger partial charge in [-0.15, -0.1) is 10.2 Å². The van der Waals surface area contributed by atoms with E-state index in [1.807, 2.05) is 4.57 Å². The molecular formula is C16H21N3O3S. The van der Waals surface area contributed by atoms with Crippen LogP contribution in [0.15, 0.2) is 35.7 Å². The molecule has 0 radical (unpaired) electrons. The van der Waals surface area contributed by atoms with Crippen LogP contribution in [-0.2, 0) is 0 Å². The summed E-state index contributed by atoms with van der Waals surface area (Å²) in [4.78, 5) is 11.3. The topological polar surface area (TPSA) is 77.2 Å². The van der Waals surface area contributed by atoms with Crippen molar-refractivity contribution in [1.82, 2.24) is 14.8 Å². The third kappa shape index (κ3) is 5.07. The Kier molecular flexibility index (Phi) is 6.18. The normalized spacial score (nSPS) is 12.4. The molecule has 1 unspecified atom stereocenters. The molecule has 0 saturated carbocycles. The average Bonchev–Trinajstić information content (AvgIpc) is 3.00. The molecule has 0 aliphatic carbocycles. The number of hydrogen-bond acceptors (Lipinski definition) is 6. The molecule has 1 heterocycles. The van der Waals surface area contributed by atoms with Crippen LogP contribution in [0.25, 0.3) is 0 Å². The zero-order valence-electron chi connectivity index (χ0n) is 13.5. The molecule has 1 atom stereocenters. The molecule has 0 amide bonds. The van der Waals surface area contributed by atoms with E-state index in [1.165, 1.54) is 18.7 Å². The summed E-state index contributed by atoms with van der Waals surface area (Å²) in [5.41, 5.74) is 0.594. The van der Waals surface area contributed by atoms with Crippen molar-refractivity contribution in [3.63, 3.8) is 0 Å². The van der Waals surface area contributed by atoms with Crippen LogP contribution < -0.4 is 4.74 Å². The molecule has 1 N–H and O–H groups in total. The molecule has 7 heteroatoms. The van der Waals surface area contributed by atoms with Gasteiger partial charge >= 0.3 is 0 Å². The van der Waals surface area contributed by atoms with Gasteiger partial charge in [-0.05, 0) is 32.9 Å². The second kappa shape index (κ2) is 8.12. The van der Waals surface area contributed by atoms with Crippen molar-refractivity contribution >= 4 is 17.5 Å². The number of thioether (sulfide) groups is 1. The zero-order chi connectivity index (χ0) is 16.8. The molecule has 0 aliphatic rings. The number of hydrogen-bond donors (Lipinski definition) is 1. The standard InChI is InChI=1S/C16H21N3O3S/c1-11(2)19-10-17-18-16(19)23-9-14(21)8-22-15-6-4-5-13(7-15)12(3)20/h4-7,10-11,14,21H,8-9H2,1-3H3.